The number of rotatable bonds is 3. The summed E-state index contributed by atoms with van der Waals surface area (Å²) in [5.74, 6) is -0.914. The molecule has 1 aromatic carbocycles. The van der Waals surface area contributed by atoms with Crippen LogP contribution in [0.4, 0.5) is 4.39 Å². The molecule has 1 unspecified atom stereocenters. The molecule has 1 aliphatic carbocycles. The van der Waals surface area contributed by atoms with E-state index in [1.54, 1.807) is 0 Å². The Hall–Kier alpha value is -0.360. The Bertz CT molecular complexity index is 632. The van der Waals surface area contributed by atoms with Crippen molar-refractivity contribution in [3.8, 4) is 0 Å². The third-order valence-electron chi connectivity index (χ3n) is 3.58. The Morgan fingerprint density at radius 1 is 1.35 bits per heavy atom. The molecule has 1 fully saturated rings. The first-order valence-corrected chi connectivity index (χ1v) is 8.52. The molecule has 0 heterocycles. The van der Waals surface area contributed by atoms with Gasteiger partial charge in [-0.2, -0.15) is 0 Å². The Morgan fingerprint density at radius 3 is 2.55 bits per heavy atom. The van der Waals surface area contributed by atoms with Gasteiger partial charge in [-0.05, 0) is 36.8 Å². The highest BCUT2D eigenvalue weighted by Crippen LogP contribution is 2.38. The Balaban J connectivity index is 2.26. The summed E-state index contributed by atoms with van der Waals surface area (Å²) in [6, 6.07) is 2.26. The minimum absolute atomic E-state index is 0.113. The minimum Gasteiger partial charge on any atom is -0.208 e. The van der Waals surface area contributed by atoms with Gasteiger partial charge in [-0.3, -0.25) is 0 Å². The molecule has 1 N–H and O–H groups in total. The first-order valence-electron chi connectivity index (χ1n) is 6.28. The molecule has 0 aliphatic heterocycles. The second kappa shape index (κ2) is 5.44. The summed E-state index contributed by atoms with van der Waals surface area (Å²) in [6.07, 6.45) is 2.46. The zero-order valence-corrected chi connectivity index (χ0v) is 13.5. The molecule has 1 aromatic rings. The molecular formula is C13H16Cl2FNO2S. The van der Waals surface area contributed by atoms with Gasteiger partial charge < -0.3 is 0 Å². The molecule has 3 nitrogen and oxygen atoms in total. The lowest BCUT2D eigenvalue weighted by atomic mass is 9.92. The summed E-state index contributed by atoms with van der Waals surface area (Å²) in [5, 5.41) is -0.668. The molecule has 1 aliphatic rings. The number of benzene rings is 1. The number of nitrogens with one attached hydrogen (secondary N) is 1. The molecule has 0 aromatic heterocycles. The van der Waals surface area contributed by atoms with Gasteiger partial charge in [0.1, 0.15) is 4.90 Å². The smallest absolute Gasteiger partial charge is 0.208 e. The fraction of sp³-hybridized carbons (Fsp3) is 0.538. The van der Waals surface area contributed by atoms with Crippen LogP contribution in [0, 0.1) is 11.2 Å². The van der Waals surface area contributed by atoms with Crippen LogP contribution in [-0.2, 0) is 10.0 Å². The van der Waals surface area contributed by atoms with Crippen molar-refractivity contribution in [3.63, 3.8) is 0 Å². The van der Waals surface area contributed by atoms with Crippen molar-refractivity contribution < 1.29 is 12.8 Å². The van der Waals surface area contributed by atoms with Gasteiger partial charge in [-0.25, -0.2) is 17.5 Å². The number of sulfonamides is 1. The summed E-state index contributed by atoms with van der Waals surface area (Å²) < 4.78 is 40.8. The largest absolute Gasteiger partial charge is 0.242 e. The molecule has 0 bridgehead atoms. The quantitative estimate of drug-likeness (QED) is 0.846. The van der Waals surface area contributed by atoms with Crippen molar-refractivity contribution in [1.82, 2.24) is 4.72 Å². The van der Waals surface area contributed by atoms with Gasteiger partial charge >= 0.3 is 0 Å². The fourth-order valence-corrected chi connectivity index (χ4v) is 4.55. The predicted octanol–water partition coefficient (Wildman–Crippen LogP) is 3.99. The zero-order chi connectivity index (χ0) is 15.1. The average molecular weight is 340 g/mol. The highest BCUT2D eigenvalue weighted by atomic mass is 35.5. The predicted molar refractivity (Wildman–Crippen MR) is 78.2 cm³/mol. The van der Waals surface area contributed by atoms with Crippen LogP contribution in [0.15, 0.2) is 17.0 Å². The standard InChI is InChI=1S/C13H16Cl2FNO2S/c1-13(2)6-5-8(7-13)17-20(18,19)10-4-3-9(14)12(16)11(10)15/h3-4,8,17H,5-7H2,1-2H3. The molecule has 1 atom stereocenters. The number of hydrogen-bond donors (Lipinski definition) is 1. The second-order valence-electron chi connectivity index (χ2n) is 5.90. The van der Waals surface area contributed by atoms with Crippen LogP contribution in [0.1, 0.15) is 33.1 Å². The maximum Gasteiger partial charge on any atom is 0.242 e. The monoisotopic (exact) mass is 339 g/mol. The van der Waals surface area contributed by atoms with E-state index in [-0.39, 0.29) is 21.4 Å². The Labute approximate surface area is 128 Å². The summed E-state index contributed by atoms with van der Waals surface area (Å²) in [5.41, 5.74) is 0.113. The second-order valence-corrected chi connectivity index (χ2v) is 8.37. The van der Waals surface area contributed by atoms with Crippen LogP contribution >= 0.6 is 23.2 Å². The fourth-order valence-electron chi connectivity index (χ4n) is 2.54. The van der Waals surface area contributed by atoms with Crippen molar-refractivity contribution in [3.05, 3.63) is 28.0 Å². The molecule has 0 amide bonds. The van der Waals surface area contributed by atoms with E-state index in [9.17, 15) is 12.8 Å². The van der Waals surface area contributed by atoms with Gasteiger partial charge in [-0.15, -0.1) is 0 Å². The van der Waals surface area contributed by atoms with Gasteiger partial charge in [0.25, 0.3) is 0 Å². The topological polar surface area (TPSA) is 46.2 Å². The molecule has 2 rings (SSSR count). The van der Waals surface area contributed by atoms with Gasteiger partial charge in [-0.1, -0.05) is 37.0 Å². The van der Waals surface area contributed by atoms with E-state index in [4.69, 9.17) is 23.2 Å². The summed E-state index contributed by atoms with van der Waals surface area (Å²) in [4.78, 5) is -0.272. The van der Waals surface area contributed by atoms with Gasteiger partial charge in [0.15, 0.2) is 5.82 Å². The van der Waals surface area contributed by atoms with Crippen molar-refractivity contribution >= 4 is 33.2 Å². The maximum atomic E-state index is 13.6. The van der Waals surface area contributed by atoms with E-state index in [0.717, 1.165) is 19.3 Å². The van der Waals surface area contributed by atoms with Crippen LogP contribution < -0.4 is 4.72 Å². The molecule has 112 valence electrons. The van der Waals surface area contributed by atoms with Crippen molar-refractivity contribution in [1.29, 1.82) is 0 Å². The van der Waals surface area contributed by atoms with Gasteiger partial charge in [0.05, 0.1) is 10.0 Å². The molecule has 7 heteroatoms. The third kappa shape index (κ3) is 3.27. The van der Waals surface area contributed by atoms with E-state index in [1.807, 2.05) is 0 Å². The maximum absolute atomic E-state index is 13.6. The average Bonchev–Trinajstić information content (AvgIpc) is 2.64. The number of hydrogen-bond acceptors (Lipinski definition) is 2. The van der Waals surface area contributed by atoms with E-state index < -0.39 is 20.9 Å². The van der Waals surface area contributed by atoms with Crippen molar-refractivity contribution in [2.75, 3.05) is 0 Å². The minimum atomic E-state index is -3.84. The summed E-state index contributed by atoms with van der Waals surface area (Å²) >= 11 is 11.3. The lowest BCUT2D eigenvalue weighted by Gasteiger charge is -2.18. The molecule has 0 spiro atoms. The molecule has 0 radical (unpaired) electrons. The molecule has 0 saturated heterocycles. The zero-order valence-electron chi connectivity index (χ0n) is 11.2. The molecular weight excluding hydrogens is 324 g/mol. The van der Waals surface area contributed by atoms with Crippen LogP contribution in [-0.4, -0.2) is 14.5 Å². The van der Waals surface area contributed by atoms with E-state index in [0.29, 0.717) is 0 Å². The number of halogens is 3. The van der Waals surface area contributed by atoms with E-state index in [2.05, 4.69) is 18.6 Å². The highest BCUT2D eigenvalue weighted by molar-refractivity contribution is 7.89. The Kier molecular flexibility index (Phi) is 4.36. The van der Waals surface area contributed by atoms with Gasteiger partial charge in [0, 0.05) is 6.04 Å². The summed E-state index contributed by atoms with van der Waals surface area (Å²) in [7, 11) is -3.84. The van der Waals surface area contributed by atoms with Crippen molar-refractivity contribution in [2.24, 2.45) is 5.41 Å². The van der Waals surface area contributed by atoms with Crippen molar-refractivity contribution in [2.45, 2.75) is 44.0 Å². The first-order chi connectivity index (χ1) is 9.12. The van der Waals surface area contributed by atoms with Crippen LogP contribution in [0.3, 0.4) is 0 Å². The summed E-state index contributed by atoms with van der Waals surface area (Å²) in [6.45, 7) is 4.19. The SMILES string of the molecule is CC1(C)CCC(NS(=O)(=O)c2ccc(Cl)c(F)c2Cl)C1. The lowest BCUT2D eigenvalue weighted by molar-refractivity contribution is 0.372. The van der Waals surface area contributed by atoms with E-state index in [1.165, 1.54) is 12.1 Å². The third-order valence-corrected chi connectivity index (χ3v) is 5.92. The van der Waals surface area contributed by atoms with E-state index >= 15 is 0 Å². The van der Waals surface area contributed by atoms with Crippen LogP contribution in [0.2, 0.25) is 10.0 Å². The molecule has 20 heavy (non-hydrogen) atoms. The Morgan fingerprint density at radius 2 is 2.00 bits per heavy atom. The van der Waals surface area contributed by atoms with Crippen LogP contribution in [0.25, 0.3) is 0 Å². The highest BCUT2D eigenvalue weighted by Gasteiger charge is 2.34. The van der Waals surface area contributed by atoms with Crippen LogP contribution in [0.5, 0.6) is 0 Å². The normalized spacial score (nSPS) is 22.1. The van der Waals surface area contributed by atoms with Gasteiger partial charge in [0.2, 0.25) is 10.0 Å². The lowest BCUT2D eigenvalue weighted by Crippen LogP contribution is -2.33. The first kappa shape index (κ1) is 16.0. The molecule has 1 saturated carbocycles.